The van der Waals surface area contributed by atoms with E-state index in [2.05, 4.69) is 12.2 Å². The van der Waals surface area contributed by atoms with E-state index in [9.17, 15) is 4.79 Å². The summed E-state index contributed by atoms with van der Waals surface area (Å²) in [6.07, 6.45) is 1.88. The third kappa shape index (κ3) is 2.88. The van der Waals surface area contributed by atoms with Gasteiger partial charge in [0, 0.05) is 25.2 Å². The number of hydrogen-bond donors (Lipinski definition) is 2. The molecule has 1 fully saturated rings. The number of rotatable bonds is 4. The van der Waals surface area contributed by atoms with Gasteiger partial charge in [-0.3, -0.25) is 0 Å². The van der Waals surface area contributed by atoms with E-state index >= 15 is 0 Å². The van der Waals surface area contributed by atoms with Crippen LogP contribution in [0, 0.1) is 0 Å². The molecule has 1 heterocycles. The van der Waals surface area contributed by atoms with Crippen molar-refractivity contribution in [2.24, 2.45) is 5.73 Å². The van der Waals surface area contributed by atoms with Gasteiger partial charge < -0.3 is 16.0 Å². The summed E-state index contributed by atoms with van der Waals surface area (Å²) < 4.78 is 0. The summed E-state index contributed by atoms with van der Waals surface area (Å²) in [7, 11) is 0. The Morgan fingerprint density at radius 3 is 2.92 bits per heavy atom. The minimum Gasteiger partial charge on any atom is -0.333 e. The van der Waals surface area contributed by atoms with Crippen molar-refractivity contribution >= 4 is 6.03 Å². The largest absolute Gasteiger partial charge is 0.333 e. The van der Waals surface area contributed by atoms with Crippen LogP contribution in [0.5, 0.6) is 0 Å². The fourth-order valence-corrected chi connectivity index (χ4v) is 1.44. The third-order valence-electron chi connectivity index (χ3n) is 2.40. The third-order valence-corrected chi connectivity index (χ3v) is 2.40. The molecular weight excluding hydrogens is 166 g/mol. The molecule has 0 bridgehead atoms. The van der Waals surface area contributed by atoms with Crippen LogP contribution in [0.3, 0.4) is 0 Å². The standard InChI is InChI=1S/C9H19N3O/c1-3-8-6-12(9(13)11-8)5-4-7(2)10/h7-8H,3-6,10H2,1-2H3,(H,11,13). The average Bonchev–Trinajstić information content (AvgIpc) is 2.43. The predicted octanol–water partition coefficient (Wildman–Crippen LogP) is 0.528. The molecule has 0 aromatic rings. The highest BCUT2D eigenvalue weighted by atomic mass is 16.2. The Kier molecular flexibility index (Phi) is 3.54. The molecule has 2 atom stereocenters. The van der Waals surface area contributed by atoms with Gasteiger partial charge in [0.1, 0.15) is 0 Å². The van der Waals surface area contributed by atoms with Gasteiger partial charge in [0.15, 0.2) is 0 Å². The van der Waals surface area contributed by atoms with Crippen LogP contribution < -0.4 is 11.1 Å². The van der Waals surface area contributed by atoms with Gasteiger partial charge >= 0.3 is 6.03 Å². The van der Waals surface area contributed by atoms with Gasteiger partial charge in [-0.15, -0.1) is 0 Å². The maximum Gasteiger partial charge on any atom is 0.317 e. The van der Waals surface area contributed by atoms with E-state index in [0.717, 1.165) is 25.9 Å². The quantitative estimate of drug-likeness (QED) is 0.671. The molecule has 0 spiro atoms. The SMILES string of the molecule is CCC1CN(CCC(C)N)C(=O)N1. The van der Waals surface area contributed by atoms with Crippen LogP contribution in [0.1, 0.15) is 26.7 Å². The molecule has 76 valence electrons. The number of hydrogen-bond acceptors (Lipinski definition) is 2. The van der Waals surface area contributed by atoms with Crippen LogP contribution in [0.2, 0.25) is 0 Å². The van der Waals surface area contributed by atoms with E-state index in [4.69, 9.17) is 5.73 Å². The van der Waals surface area contributed by atoms with E-state index in [0.29, 0.717) is 6.04 Å². The monoisotopic (exact) mass is 185 g/mol. The average molecular weight is 185 g/mol. The smallest absolute Gasteiger partial charge is 0.317 e. The Bertz CT molecular complexity index is 182. The molecule has 0 radical (unpaired) electrons. The number of urea groups is 1. The number of nitrogens with one attached hydrogen (secondary N) is 1. The van der Waals surface area contributed by atoms with Crippen molar-refractivity contribution in [1.82, 2.24) is 10.2 Å². The topological polar surface area (TPSA) is 58.4 Å². The zero-order valence-corrected chi connectivity index (χ0v) is 8.42. The lowest BCUT2D eigenvalue weighted by atomic mass is 10.2. The van der Waals surface area contributed by atoms with Crippen LogP contribution in [0.25, 0.3) is 0 Å². The molecule has 3 N–H and O–H groups in total. The van der Waals surface area contributed by atoms with Gasteiger partial charge in [0.2, 0.25) is 0 Å². The Labute approximate surface area is 79.5 Å². The Hall–Kier alpha value is -0.770. The second-order valence-corrected chi connectivity index (χ2v) is 3.77. The molecular formula is C9H19N3O. The van der Waals surface area contributed by atoms with Crippen LogP contribution in [-0.4, -0.2) is 36.1 Å². The maximum absolute atomic E-state index is 11.3. The molecule has 4 nitrogen and oxygen atoms in total. The minimum atomic E-state index is 0.0625. The molecule has 0 aliphatic carbocycles. The minimum absolute atomic E-state index is 0.0625. The molecule has 0 saturated carbocycles. The zero-order chi connectivity index (χ0) is 9.84. The van der Waals surface area contributed by atoms with Crippen molar-refractivity contribution in [3.8, 4) is 0 Å². The van der Waals surface area contributed by atoms with Crippen molar-refractivity contribution in [2.75, 3.05) is 13.1 Å². The molecule has 13 heavy (non-hydrogen) atoms. The molecule has 1 rings (SSSR count). The van der Waals surface area contributed by atoms with Crippen molar-refractivity contribution < 1.29 is 4.79 Å². The lowest BCUT2D eigenvalue weighted by Gasteiger charge is -2.15. The van der Waals surface area contributed by atoms with Crippen molar-refractivity contribution in [1.29, 1.82) is 0 Å². The van der Waals surface area contributed by atoms with Crippen LogP contribution in [-0.2, 0) is 0 Å². The first-order valence-corrected chi connectivity index (χ1v) is 4.94. The molecule has 2 amide bonds. The van der Waals surface area contributed by atoms with E-state index < -0.39 is 0 Å². The van der Waals surface area contributed by atoms with Crippen molar-refractivity contribution in [3.05, 3.63) is 0 Å². The Morgan fingerprint density at radius 2 is 2.46 bits per heavy atom. The highest BCUT2D eigenvalue weighted by Gasteiger charge is 2.26. The number of nitrogens with zero attached hydrogens (tertiary/aromatic N) is 1. The van der Waals surface area contributed by atoms with Gasteiger partial charge in [-0.25, -0.2) is 4.79 Å². The van der Waals surface area contributed by atoms with Crippen molar-refractivity contribution in [3.63, 3.8) is 0 Å². The molecule has 0 aromatic heterocycles. The summed E-state index contributed by atoms with van der Waals surface area (Å²) in [4.78, 5) is 13.2. The van der Waals surface area contributed by atoms with Gasteiger partial charge in [-0.2, -0.15) is 0 Å². The second-order valence-electron chi connectivity index (χ2n) is 3.77. The fraction of sp³-hybridized carbons (Fsp3) is 0.889. The summed E-state index contributed by atoms with van der Waals surface area (Å²) in [6.45, 7) is 5.66. The van der Waals surface area contributed by atoms with Gasteiger partial charge in [-0.1, -0.05) is 6.92 Å². The number of carbonyl (C=O) groups is 1. The normalized spacial score (nSPS) is 24.7. The fourth-order valence-electron chi connectivity index (χ4n) is 1.44. The zero-order valence-electron chi connectivity index (χ0n) is 8.42. The van der Waals surface area contributed by atoms with Gasteiger partial charge in [0.05, 0.1) is 0 Å². The number of nitrogens with two attached hydrogens (primary N) is 1. The summed E-state index contributed by atoms with van der Waals surface area (Å²) in [5, 5.41) is 2.92. The summed E-state index contributed by atoms with van der Waals surface area (Å²) >= 11 is 0. The summed E-state index contributed by atoms with van der Waals surface area (Å²) in [5.74, 6) is 0. The lowest BCUT2D eigenvalue weighted by Crippen LogP contribution is -2.32. The van der Waals surface area contributed by atoms with Crippen LogP contribution in [0.4, 0.5) is 4.79 Å². The maximum atomic E-state index is 11.3. The first-order valence-electron chi connectivity index (χ1n) is 4.94. The molecule has 1 aliphatic heterocycles. The number of carbonyl (C=O) groups excluding carboxylic acids is 1. The van der Waals surface area contributed by atoms with E-state index in [1.807, 2.05) is 11.8 Å². The molecule has 0 aromatic carbocycles. The second kappa shape index (κ2) is 4.46. The van der Waals surface area contributed by atoms with Crippen LogP contribution in [0.15, 0.2) is 0 Å². The first-order chi connectivity index (χ1) is 6.13. The number of amides is 2. The highest BCUT2D eigenvalue weighted by Crippen LogP contribution is 2.07. The van der Waals surface area contributed by atoms with Gasteiger partial charge in [0.25, 0.3) is 0 Å². The highest BCUT2D eigenvalue weighted by molar-refractivity contribution is 5.76. The molecule has 2 unspecified atom stereocenters. The Morgan fingerprint density at radius 1 is 1.77 bits per heavy atom. The summed E-state index contributed by atoms with van der Waals surface area (Å²) in [6, 6.07) is 0.571. The van der Waals surface area contributed by atoms with E-state index in [-0.39, 0.29) is 12.1 Å². The van der Waals surface area contributed by atoms with Crippen LogP contribution >= 0.6 is 0 Å². The lowest BCUT2D eigenvalue weighted by molar-refractivity contribution is 0.216. The van der Waals surface area contributed by atoms with E-state index in [1.54, 1.807) is 0 Å². The molecule has 1 aliphatic rings. The predicted molar refractivity (Wildman–Crippen MR) is 52.5 cm³/mol. The van der Waals surface area contributed by atoms with Gasteiger partial charge in [-0.05, 0) is 19.8 Å². The van der Waals surface area contributed by atoms with Crippen molar-refractivity contribution in [2.45, 2.75) is 38.8 Å². The Balaban J connectivity index is 2.31. The van der Waals surface area contributed by atoms with E-state index in [1.165, 1.54) is 0 Å². The molecule has 1 saturated heterocycles. The molecule has 4 heteroatoms. The first kappa shape index (κ1) is 10.3. The summed E-state index contributed by atoms with van der Waals surface area (Å²) in [5.41, 5.74) is 5.62.